The quantitative estimate of drug-likeness (QED) is 0.436. The Balaban J connectivity index is 1.36. The van der Waals surface area contributed by atoms with Crippen LogP contribution in [0.4, 0.5) is 5.00 Å². The van der Waals surface area contributed by atoms with Gasteiger partial charge in [-0.05, 0) is 56.7 Å². The lowest BCUT2D eigenvalue weighted by Crippen LogP contribution is -2.15. The smallest absolute Gasteiger partial charge is 0.341 e. The fraction of sp³-hybridized carbons (Fsp3) is 0.391. The third-order valence-electron chi connectivity index (χ3n) is 5.28. The molecule has 1 aliphatic rings. The SMILES string of the molecule is CCOC(=O)c1c(NC(=O)CCCc2nc(-c3ccccc3Cl)no2)sc2c1CCCC2. The standard InChI is InChI=1S/C23H24ClN3O4S/c1-2-30-23(29)20-15-9-4-6-11-17(15)32-22(20)25-18(28)12-7-13-19-26-21(27-31-19)14-8-3-5-10-16(14)24/h3,5,8,10H,2,4,6-7,9,11-13H2,1H3,(H,25,28). The van der Waals surface area contributed by atoms with E-state index in [9.17, 15) is 9.59 Å². The molecule has 0 unspecified atom stereocenters. The molecular weight excluding hydrogens is 450 g/mol. The molecule has 0 saturated heterocycles. The van der Waals surface area contributed by atoms with E-state index in [2.05, 4.69) is 15.5 Å². The molecule has 2 aromatic heterocycles. The molecule has 0 fully saturated rings. The molecule has 0 atom stereocenters. The number of anilines is 1. The molecule has 2 heterocycles. The second-order valence-corrected chi connectivity index (χ2v) is 9.04. The van der Waals surface area contributed by atoms with Crippen LogP contribution in [0.1, 0.15) is 59.3 Å². The number of carbonyl (C=O) groups is 2. The number of nitrogens with zero attached hydrogens (tertiary/aromatic N) is 2. The minimum absolute atomic E-state index is 0.153. The number of nitrogens with one attached hydrogen (secondary N) is 1. The highest BCUT2D eigenvalue weighted by Gasteiger charge is 2.27. The molecule has 0 bridgehead atoms. The predicted molar refractivity (Wildman–Crippen MR) is 123 cm³/mol. The van der Waals surface area contributed by atoms with Gasteiger partial charge < -0.3 is 14.6 Å². The molecule has 0 aliphatic heterocycles. The molecule has 9 heteroatoms. The molecule has 168 valence electrons. The number of hydrogen-bond donors (Lipinski definition) is 1. The van der Waals surface area contributed by atoms with Crippen molar-refractivity contribution in [3.05, 3.63) is 51.2 Å². The Kier molecular flexibility index (Phi) is 7.22. The molecule has 32 heavy (non-hydrogen) atoms. The van der Waals surface area contributed by atoms with E-state index in [4.69, 9.17) is 20.9 Å². The summed E-state index contributed by atoms with van der Waals surface area (Å²) in [5, 5.41) is 8.05. The number of aromatic nitrogens is 2. The van der Waals surface area contributed by atoms with Crippen molar-refractivity contribution in [3.8, 4) is 11.4 Å². The summed E-state index contributed by atoms with van der Waals surface area (Å²) >= 11 is 7.67. The van der Waals surface area contributed by atoms with Gasteiger partial charge in [0.2, 0.25) is 17.6 Å². The molecule has 1 amide bonds. The minimum atomic E-state index is -0.361. The lowest BCUT2D eigenvalue weighted by molar-refractivity contribution is -0.116. The van der Waals surface area contributed by atoms with Gasteiger partial charge in [0.05, 0.1) is 17.2 Å². The van der Waals surface area contributed by atoms with Crippen LogP contribution in [0, 0.1) is 0 Å². The molecule has 4 rings (SSSR count). The monoisotopic (exact) mass is 473 g/mol. The van der Waals surface area contributed by atoms with Gasteiger partial charge in [0.1, 0.15) is 5.00 Å². The Morgan fingerprint density at radius 2 is 2.06 bits per heavy atom. The minimum Gasteiger partial charge on any atom is -0.462 e. The lowest BCUT2D eigenvalue weighted by Gasteiger charge is -2.12. The molecule has 0 radical (unpaired) electrons. The summed E-state index contributed by atoms with van der Waals surface area (Å²) in [4.78, 5) is 30.6. The van der Waals surface area contributed by atoms with Crippen LogP contribution < -0.4 is 5.32 Å². The summed E-state index contributed by atoms with van der Waals surface area (Å²) in [6.07, 6.45) is 5.21. The second-order valence-electron chi connectivity index (χ2n) is 7.53. The van der Waals surface area contributed by atoms with E-state index in [0.717, 1.165) is 31.2 Å². The summed E-state index contributed by atoms with van der Waals surface area (Å²) in [6.45, 7) is 2.08. The van der Waals surface area contributed by atoms with E-state index in [-0.39, 0.29) is 18.3 Å². The molecule has 7 nitrogen and oxygen atoms in total. The van der Waals surface area contributed by atoms with Crippen LogP contribution in [0.15, 0.2) is 28.8 Å². The van der Waals surface area contributed by atoms with E-state index in [0.29, 0.717) is 52.3 Å². The highest BCUT2D eigenvalue weighted by Crippen LogP contribution is 2.38. The molecule has 1 aromatic carbocycles. The normalized spacial score (nSPS) is 12.9. The number of fused-ring (bicyclic) bond motifs is 1. The van der Waals surface area contributed by atoms with Gasteiger partial charge in [0, 0.05) is 23.3 Å². The molecule has 1 aliphatic carbocycles. The summed E-state index contributed by atoms with van der Waals surface area (Å²) in [5.41, 5.74) is 2.27. The average molecular weight is 474 g/mol. The highest BCUT2D eigenvalue weighted by molar-refractivity contribution is 7.17. The van der Waals surface area contributed by atoms with Gasteiger partial charge in [-0.2, -0.15) is 4.98 Å². The van der Waals surface area contributed by atoms with Crippen molar-refractivity contribution in [2.45, 2.75) is 51.9 Å². The molecule has 0 spiro atoms. The van der Waals surface area contributed by atoms with Gasteiger partial charge >= 0.3 is 5.97 Å². The summed E-state index contributed by atoms with van der Waals surface area (Å²) in [6, 6.07) is 7.29. The number of amides is 1. The van der Waals surface area contributed by atoms with Gasteiger partial charge in [0.25, 0.3) is 0 Å². The Labute approximate surface area is 195 Å². The van der Waals surface area contributed by atoms with Gasteiger partial charge in [0.15, 0.2) is 0 Å². The molecule has 1 N–H and O–H groups in total. The third-order valence-corrected chi connectivity index (χ3v) is 6.82. The maximum atomic E-state index is 12.6. The Hall–Kier alpha value is -2.71. The first-order valence-electron chi connectivity index (χ1n) is 10.8. The molecular formula is C23H24ClN3O4S. The maximum absolute atomic E-state index is 12.6. The summed E-state index contributed by atoms with van der Waals surface area (Å²) in [7, 11) is 0. The number of hydrogen-bond acceptors (Lipinski definition) is 7. The maximum Gasteiger partial charge on any atom is 0.341 e. The zero-order chi connectivity index (χ0) is 22.5. The van der Waals surface area contributed by atoms with E-state index in [1.807, 2.05) is 18.2 Å². The number of halogens is 1. The number of carbonyl (C=O) groups excluding carboxylic acids is 2. The first-order valence-corrected chi connectivity index (χ1v) is 11.9. The first-order chi connectivity index (χ1) is 15.6. The van der Waals surface area contributed by atoms with E-state index < -0.39 is 0 Å². The van der Waals surface area contributed by atoms with Crippen LogP contribution in [0.25, 0.3) is 11.4 Å². The van der Waals surface area contributed by atoms with Crippen molar-refractivity contribution in [2.24, 2.45) is 0 Å². The Bertz CT molecular complexity index is 1120. The number of aryl methyl sites for hydroxylation is 2. The number of rotatable bonds is 8. The fourth-order valence-electron chi connectivity index (χ4n) is 3.77. The Morgan fingerprint density at radius 3 is 2.88 bits per heavy atom. The van der Waals surface area contributed by atoms with Crippen molar-refractivity contribution >= 4 is 39.8 Å². The van der Waals surface area contributed by atoms with E-state index in [1.165, 1.54) is 16.2 Å². The van der Waals surface area contributed by atoms with Gasteiger partial charge in [-0.1, -0.05) is 28.9 Å². The van der Waals surface area contributed by atoms with Gasteiger partial charge in [-0.3, -0.25) is 4.79 Å². The van der Waals surface area contributed by atoms with Crippen LogP contribution in [0.3, 0.4) is 0 Å². The van der Waals surface area contributed by atoms with Crippen LogP contribution in [0.5, 0.6) is 0 Å². The topological polar surface area (TPSA) is 94.3 Å². The molecule has 3 aromatic rings. The van der Waals surface area contributed by atoms with Crippen LogP contribution >= 0.6 is 22.9 Å². The number of benzene rings is 1. The van der Waals surface area contributed by atoms with Crippen molar-refractivity contribution in [2.75, 3.05) is 11.9 Å². The lowest BCUT2D eigenvalue weighted by atomic mass is 9.95. The van der Waals surface area contributed by atoms with Crippen molar-refractivity contribution < 1.29 is 18.8 Å². The fourth-order valence-corrected chi connectivity index (χ4v) is 5.28. The van der Waals surface area contributed by atoms with Crippen LogP contribution in [-0.2, 0) is 28.8 Å². The molecule has 0 saturated carbocycles. The number of esters is 1. The van der Waals surface area contributed by atoms with Crippen LogP contribution in [-0.4, -0.2) is 28.6 Å². The zero-order valence-electron chi connectivity index (χ0n) is 17.8. The van der Waals surface area contributed by atoms with Crippen LogP contribution in [0.2, 0.25) is 5.02 Å². The zero-order valence-corrected chi connectivity index (χ0v) is 19.4. The second kappa shape index (κ2) is 10.3. The number of thiophene rings is 1. The predicted octanol–water partition coefficient (Wildman–Crippen LogP) is 5.47. The number of ether oxygens (including phenoxy) is 1. The van der Waals surface area contributed by atoms with E-state index >= 15 is 0 Å². The van der Waals surface area contributed by atoms with Crippen molar-refractivity contribution in [1.82, 2.24) is 10.1 Å². The summed E-state index contributed by atoms with van der Waals surface area (Å²) in [5.74, 6) is 0.366. The Morgan fingerprint density at radius 1 is 1.25 bits per heavy atom. The largest absolute Gasteiger partial charge is 0.462 e. The first kappa shape index (κ1) is 22.5. The average Bonchev–Trinajstić information content (AvgIpc) is 3.38. The van der Waals surface area contributed by atoms with Crippen molar-refractivity contribution in [1.29, 1.82) is 0 Å². The highest BCUT2D eigenvalue weighted by atomic mass is 35.5. The third kappa shape index (κ3) is 5.02. The summed E-state index contributed by atoms with van der Waals surface area (Å²) < 4.78 is 10.5. The van der Waals surface area contributed by atoms with Gasteiger partial charge in [-0.15, -0.1) is 11.3 Å². The van der Waals surface area contributed by atoms with Gasteiger partial charge in [-0.25, -0.2) is 4.79 Å². The van der Waals surface area contributed by atoms with Crippen molar-refractivity contribution in [3.63, 3.8) is 0 Å². The van der Waals surface area contributed by atoms with E-state index in [1.54, 1.807) is 13.0 Å².